The molecule has 0 aliphatic carbocycles. The number of nitrogens with zero attached hydrogens (tertiary/aromatic N) is 3. The van der Waals surface area contributed by atoms with Gasteiger partial charge in [0.1, 0.15) is 0 Å². The van der Waals surface area contributed by atoms with E-state index in [1.807, 2.05) is 13.8 Å². The molecular weight excluding hydrogens is 318 g/mol. The summed E-state index contributed by atoms with van der Waals surface area (Å²) in [5.41, 5.74) is 0.308. The van der Waals surface area contributed by atoms with Crippen molar-refractivity contribution in [2.75, 3.05) is 31.9 Å². The van der Waals surface area contributed by atoms with Crippen LogP contribution in [0.1, 0.15) is 13.8 Å². The van der Waals surface area contributed by atoms with Crippen molar-refractivity contribution in [2.45, 2.75) is 18.7 Å². The van der Waals surface area contributed by atoms with Gasteiger partial charge >= 0.3 is 6.09 Å². The van der Waals surface area contributed by atoms with E-state index in [4.69, 9.17) is 4.74 Å². The lowest BCUT2D eigenvalue weighted by Crippen LogP contribution is -2.33. The van der Waals surface area contributed by atoms with Crippen molar-refractivity contribution in [1.29, 1.82) is 0 Å². The molecule has 2 rings (SSSR count). The molecule has 0 N–H and O–H groups in total. The summed E-state index contributed by atoms with van der Waals surface area (Å²) in [4.78, 5) is 13.3. The van der Waals surface area contributed by atoms with Crippen LogP contribution in [-0.4, -0.2) is 52.2 Å². The molecule has 1 aliphatic heterocycles. The molecule has 0 spiro atoms. The molecule has 8 heteroatoms. The Bertz CT molecular complexity index is 736. The lowest BCUT2D eigenvalue weighted by atomic mass is 9.94. The zero-order valence-corrected chi connectivity index (χ0v) is 14.7. The summed E-state index contributed by atoms with van der Waals surface area (Å²) in [7, 11) is -0.0240. The molecule has 0 unspecified atom stereocenters. The van der Waals surface area contributed by atoms with E-state index in [1.165, 1.54) is 17.0 Å². The minimum absolute atomic E-state index is 0.253. The summed E-state index contributed by atoms with van der Waals surface area (Å²) < 4.78 is 28.3. The van der Waals surface area contributed by atoms with Crippen LogP contribution in [0, 0.1) is 5.41 Å². The van der Waals surface area contributed by atoms with Crippen LogP contribution in [0.25, 0.3) is 0 Å². The fourth-order valence-electron chi connectivity index (χ4n) is 2.07. The molecule has 1 aliphatic rings. The van der Waals surface area contributed by atoms with Gasteiger partial charge in [-0.2, -0.15) is 0 Å². The van der Waals surface area contributed by atoms with Gasteiger partial charge in [0.25, 0.3) is 0 Å². The van der Waals surface area contributed by atoms with Crippen LogP contribution in [0.5, 0.6) is 0 Å². The number of anilines is 1. The first-order valence-electron chi connectivity index (χ1n) is 7.06. The predicted molar refractivity (Wildman–Crippen MR) is 88.3 cm³/mol. The molecule has 0 radical (unpaired) electrons. The topological polar surface area (TPSA) is 79.3 Å². The van der Waals surface area contributed by atoms with Gasteiger partial charge in [-0.25, -0.2) is 13.2 Å². The Kier molecular flexibility index (Phi) is 4.39. The van der Waals surface area contributed by atoms with Gasteiger partial charge in [-0.3, -0.25) is 5.01 Å². The van der Waals surface area contributed by atoms with Crippen LogP contribution in [0.3, 0.4) is 0 Å². The summed E-state index contributed by atoms with van der Waals surface area (Å²) >= 11 is 0. The number of ether oxygens (including phenoxy) is 1. The number of rotatable bonds is 2. The number of amides is 1. The second-order valence-corrected chi connectivity index (χ2v) is 8.39. The number of carbonyl (C=O) groups is 1. The first-order chi connectivity index (χ1) is 10.5. The van der Waals surface area contributed by atoms with Crippen molar-refractivity contribution in [3.63, 3.8) is 0 Å². The number of benzene rings is 1. The zero-order chi connectivity index (χ0) is 17.4. The van der Waals surface area contributed by atoms with E-state index in [9.17, 15) is 13.2 Å². The zero-order valence-electron chi connectivity index (χ0n) is 13.9. The van der Waals surface area contributed by atoms with Crippen molar-refractivity contribution < 1.29 is 17.9 Å². The highest BCUT2D eigenvalue weighted by Gasteiger charge is 2.38. The van der Waals surface area contributed by atoms with Crippen LogP contribution < -0.4 is 5.01 Å². The Morgan fingerprint density at radius 1 is 1.26 bits per heavy atom. The second kappa shape index (κ2) is 5.84. The third-order valence-electron chi connectivity index (χ3n) is 3.45. The predicted octanol–water partition coefficient (Wildman–Crippen LogP) is 1.95. The second-order valence-electron chi connectivity index (χ2n) is 6.38. The Balaban J connectivity index is 2.24. The average molecular weight is 339 g/mol. The van der Waals surface area contributed by atoms with E-state index in [2.05, 4.69) is 5.10 Å². The van der Waals surface area contributed by atoms with Crippen LogP contribution >= 0.6 is 0 Å². The average Bonchev–Trinajstić information content (AvgIpc) is 2.73. The summed E-state index contributed by atoms with van der Waals surface area (Å²) in [5.74, 6) is 0.336. The summed E-state index contributed by atoms with van der Waals surface area (Å²) in [6.45, 7) is 4.39. The molecule has 0 saturated carbocycles. The molecular formula is C15H21N3O4S. The molecule has 1 amide bonds. The Hall–Kier alpha value is -2.09. The number of sulfone groups is 1. The molecule has 1 aromatic carbocycles. The summed E-state index contributed by atoms with van der Waals surface area (Å²) in [6, 6.07) is 6.45. The third-order valence-corrected chi connectivity index (χ3v) is 4.58. The molecule has 0 fully saturated rings. The van der Waals surface area contributed by atoms with Gasteiger partial charge in [-0.05, 0) is 38.1 Å². The maximum atomic E-state index is 11.7. The first-order valence-corrected chi connectivity index (χ1v) is 8.96. The maximum Gasteiger partial charge on any atom is 0.415 e. The van der Waals surface area contributed by atoms with Crippen molar-refractivity contribution in [2.24, 2.45) is 10.5 Å². The maximum absolute atomic E-state index is 11.7. The highest BCUT2D eigenvalue weighted by Crippen LogP contribution is 2.31. The minimum Gasteiger partial charge on any atom is -0.393 e. The molecule has 126 valence electrons. The Morgan fingerprint density at radius 3 is 2.30 bits per heavy atom. The molecule has 0 bridgehead atoms. The number of carbonyl (C=O) groups excluding carboxylic acids is 1. The largest absolute Gasteiger partial charge is 0.415 e. The monoisotopic (exact) mass is 339 g/mol. The van der Waals surface area contributed by atoms with Crippen molar-refractivity contribution in [3.8, 4) is 0 Å². The van der Waals surface area contributed by atoms with Gasteiger partial charge in [0.2, 0.25) is 5.90 Å². The lowest BCUT2D eigenvalue weighted by Gasteiger charge is -2.21. The first kappa shape index (κ1) is 17.3. The number of hydrogen-bond acceptors (Lipinski definition) is 6. The standard InChI is InChI=1S/C15H21N3O4S/c1-15(2)10-18(16-13(15)22-14(19)17(3)4)11-6-8-12(9-7-11)23(5,20)21/h6-9H,10H2,1-5H3. The molecule has 0 saturated heterocycles. The SMILES string of the molecule is CN(C)C(=O)OC1=NN(c2ccc(S(C)(=O)=O)cc2)CC1(C)C. The van der Waals surface area contributed by atoms with Gasteiger partial charge in [0.15, 0.2) is 9.84 Å². The quantitative estimate of drug-likeness (QED) is 0.823. The highest BCUT2D eigenvalue weighted by atomic mass is 32.2. The van der Waals surface area contributed by atoms with Crippen molar-refractivity contribution in [1.82, 2.24) is 4.90 Å². The van der Waals surface area contributed by atoms with Crippen LogP contribution in [0.4, 0.5) is 10.5 Å². The van der Waals surface area contributed by atoms with Gasteiger partial charge in [0.05, 0.1) is 22.5 Å². The van der Waals surface area contributed by atoms with Crippen molar-refractivity contribution in [3.05, 3.63) is 24.3 Å². The smallest absolute Gasteiger partial charge is 0.393 e. The fourth-order valence-corrected chi connectivity index (χ4v) is 2.70. The van der Waals surface area contributed by atoms with E-state index in [0.717, 1.165) is 11.9 Å². The Labute approximate surface area is 136 Å². The molecule has 1 aromatic rings. The third kappa shape index (κ3) is 3.82. The van der Waals surface area contributed by atoms with Crippen molar-refractivity contribution >= 4 is 27.5 Å². The van der Waals surface area contributed by atoms with Crippen LogP contribution in [-0.2, 0) is 14.6 Å². The molecule has 0 atom stereocenters. The molecule has 0 aromatic heterocycles. The van der Waals surface area contributed by atoms with E-state index >= 15 is 0 Å². The van der Waals surface area contributed by atoms with Gasteiger partial charge in [-0.1, -0.05) is 0 Å². The van der Waals surface area contributed by atoms with E-state index < -0.39 is 21.3 Å². The lowest BCUT2D eigenvalue weighted by molar-refractivity contribution is 0.163. The van der Waals surface area contributed by atoms with Crippen LogP contribution in [0.15, 0.2) is 34.3 Å². The van der Waals surface area contributed by atoms with Gasteiger partial charge in [-0.15, -0.1) is 5.10 Å². The van der Waals surface area contributed by atoms with E-state index in [-0.39, 0.29) is 4.90 Å². The fraction of sp³-hybridized carbons (Fsp3) is 0.467. The Morgan fingerprint density at radius 2 is 1.83 bits per heavy atom. The number of hydrazone groups is 1. The van der Waals surface area contributed by atoms with Gasteiger partial charge < -0.3 is 9.64 Å². The number of hydrogen-bond donors (Lipinski definition) is 0. The highest BCUT2D eigenvalue weighted by molar-refractivity contribution is 7.90. The molecule has 1 heterocycles. The van der Waals surface area contributed by atoms with Gasteiger partial charge in [0, 0.05) is 20.4 Å². The van der Waals surface area contributed by atoms with Crippen LogP contribution in [0.2, 0.25) is 0 Å². The summed E-state index contributed by atoms with van der Waals surface area (Å²) in [5, 5.41) is 6.05. The normalized spacial score (nSPS) is 16.9. The van der Waals surface area contributed by atoms with E-state index in [1.54, 1.807) is 31.2 Å². The van der Waals surface area contributed by atoms with E-state index in [0.29, 0.717) is 12.4 Å². The molecule has 23 heavy (non-hydrogen) atoms. The molecule has 7 nitrogen and oxygen atoms in total. The summed E-state index contributed by atoms with van der Waals surface area (Å²) in [6.07, 6.45) is 0.684. The minimum atomic E-state index is -3.23.